The zero-order valence-electron chi connectivity index (χ0n) is 14.4. The fourth-order valence-corrected chi connectivity index (χ4v) is 3.00. The van der Waals surface area contributed by atoms with E-state index in [-0.39, 0.29) is 10.6 Å². The highest BCUT2D eigenvalue weighted by molar-refractivity contribution is 6.60. The second-order valence-corrected chi connectivity index (χ2v) is 5.78. The molecule has 0 radical (unpaired) electrons. The quantitative estimate of drug-likeness (QED) is 0.753. The Morgan fingerprint density at radius 1 is 0.846 bits per heavy atom. The van der Waals surface area contributed by atoms with Crippen LogP contribution in [0.2, 0.25) is 0 Å². The van der Waals surface area contributed by atoms with Gasteiger partial charge in [-0.3, -0.25) is 9.59 Å². The molecule has 0 aliphatic carbocycles. The molecule has 0 aromatic heterocycles. The van der Waals surface area contributed by atoms with E-state index < -0.39 is 11.8 Å². The molecule has 7 heteroatoms. The van der Waals surface area contributed by atoms with Crippen LogP contribution in [0.5, 0.6) is 17.2 Å². The van der Waals surface area contributed by atoms with Crippen LogP contribution < -0.4 is 19.1 Å². The summed E-state index contributed by atoms with van der Waals surface area (Å²) < 4.78 is 15.6. The first-order valence-electron chi connectivity index (χ1n) is 7.66. The molecule has 26 heavy (non-hydrogen) atoms. The first-order chi connectivity index (χ1) is 12.5. The van der Waals surface area contributed by atoms with Gasteiger partial charge in [0, 0.05) is 6.07 Å². The van der Waals surface area contributed by atoms with E-state index >= 15 is 0 Å². The molecule has 1 aliphatic rings. The number of ether oxygens (including phenoxy) is 3. The van der Waals surface area contributed by atoms with Crippen LogP contribution in [-0.4, -0.2) is 33.1 Å². The second-order valence-electron chi connectivity index (χ2n) is 5.41. The first kappa shape index (κ1) is 17.8. The fraction of sp³-hybridized carbons (Fsp3) is 0.158. The van der Waals surface area contributed by atoms with Crippen LogP contribution in [0.4, 0.5) is 5.69 Å². The Morgan fingerprint density at radius 2 is 1.58 bits per heavy atom. The van der Waals surface area contributed by atoms with Gasteiger partial charge in [0.25, 0.3) is 11.8 Å². The summed E-state index contributed by atoms with van der Waals surface area (Å²) in [5.41, 5.74) is 0.963. The molecule has 0 saturated carbocycles. The average molecular weight is 374 g/mol. The van der Waals surface area contributed by atoms with Crippen molar-refractivity contribution in [2.24, 2.45) is 0 Å². The molecule has 0 unspecified atom stereocenters. The van der Waals surface area contributed by atoms with E-state index in [1.165, 1.54) is 21.3 Å². The minimum Gasteiger partial charge on any atom is -0.497 e. The van der Waals surface area contributed by atoms with Gasteiger partial charge in [0.05, 0.1) is 32.6 Å². The lowest BCUT2D eigenvalue weighted by atomic mass is 10.1. The Kier molecular flexibility index (Phi) is 4.86. The van der Waals surface area contributed by atoms with Gasteiger partial charge in [-0.2, -0.15) is 0 Å². The van der Waals surface area contributed by atoms with Crippen molar-refractivity contribution in [3.05, 3.63) is 53.1 Å². The monoisotopic (exact) mass is 373 g/mol. The van der Waals surface area contributed by atoms with Gasteiger partial charge in [-0.25, -0.2) is 4.90 Å². The van der Waals surface area contributed by atoms with Gasteiger partial charge in [-0.1, -0.05) is 23.7 Å². The molecule has 0 atom stereocenters. The van der Waals surface area contributed by atoms with E-state index in [1.54, 1.807) is 42.5 Å². The second kappa shape index (κ2) is 7.09. The number of anilines is 1. The third-order valence-electron chi connectivity index (χ3n) is 4.01. The lowest BCUT2D eigenvalue weighted by Crippen LogP contribution is -2.31. The van der Waals surface area contributed by atoms with Crippen molar-refractivity contribution in [3.63, 3.8) is 0 Å². The minimum atomic E-state index is -0.588. The topological polar surface area (TPSA) is 65.1 Å². The summed E-state index contributed by atoms with van der Waals surface area (Å²) in [5, 5.41) is -0.148. The summed E-state index contributed by atoms with van der Waals surface area (Å²) in [6.45, 7) is 0. The predicted molar refractivity (Wildman–Crippen MR) is 97.8 cm³/mol. The Hall–Kier alpha value is -2.99. The van der Waals surface area contributed by atoms with Crippen molar-refractivity contribution < 1.29 is 23.8 Å². The lowest BCUT2D eigenvalue weighted by molar-refractivity contribution is -0.119. The van der Waals surface area contributed by atoms with E-state index in [0.717, 1.165) is 4.90 Å². The number of carbonyl (C=O) groups is 2. The number of benzene rings is 2. The van der Waals surface area contributed by atoms with Crippen molar-refractivity contribution in [2.45, 2.75) is 0 Å². The van der Waals surface area contributed by atoms with Crippen LogP contribution in [-0.2, 0) is 9.59 Å². The fourth-order valence-electron chi connectivity index (χ4n) is 2.73. The highest BCUT2D eigenvalue weighted by atomic mass is 35.5. The summed E-state index contributed by atoms with van der Waals surface area (Å²) in [4.78, 5) is 26.6. The Morgan fingerprint density at radius 3 is 2.23 bits per heavy atom. The summed E-state index contributed by atoms with van der Waals surface area (Å²) in [6, 6.07) is 11.6. The molecule has 2 aromatic rings. The molecular weight excluding hydrogens is 358 g/mol. The van der Waals surface area contributed by atoms with Crippen LogP contribution in [0.1, 0.15) is 5.56 Å². The predicted octanol–water partition coefficient (Wildman–Crippen LogP) is 3.24. The molecule has 1 aliphatic heterocycles. The molecule has 2 amide bonds. The first-order valence-corrected chi connectivity index (χ1v) is 8.04. The van der Waals surface area contributed by atoms with Gasteiger partial charge in [-0.05, 0) is 29.8 Å². The van der Waals surface area contributed by atoms with Crippen molar-refractivity contribution in [3.8, 4) is 17.2 Å². The highest BCUT2D eigenvalue weighted by Gasteiger charge is 2.39. The van der Waals surface area contributed by atoms with E-state index in [9.17, 15) is 9.59 Å². The zero-order chi connectivity index (χ0) is 18.8. The molecule has 2 aromatic carbocycles. The van der Waals surface area contributed by atoms with Gasteiger partial charge in [-0.15, -0.1) is 0 Å². The van der Waals surface area contributed by atoms with Crippen LogP contribution in [0.25, 0.3) is 5.57 Å². The van der Waals surface area contributed by atoms with E-state index in [1.807, 2.05) is 0 Å². The number of hydrogen-bond donors (Lipinski definition) is 0. The molecule has 3 rings (SSSR count). The highest BCUT2D eigenvalue weighted by Crippen LogP contribution is 2.38. The lowest BCUT2D eigenvalue weighted by Gasteiger charge is -2.16. The molecule has 1 heterocycles. The Labute approximate surface area is 155 Å². The molecule has 6 nitrogen and oxygen atoms in total. The van der Waals surface area contributed by atoms with Crippen molar-refractivity contribution >= 4 is 34.7 Å². The number of amides is 2. The maximum Gasteiger partial charge on any atom is 0.277 e. The largest absolute Gasteiger partial charge is 0.497 e. The molecule has 0 fully saturated rings. The van der Waals surface area contributed by atoms with Crippen LogP contribution >= 0.6 is 11.6 Å². The maximum atomic E-state index is 12.9. The van der Waals surface area contributed by atoms with Crippen LogP contribution in [0.15, 0.2) is 47.5 Å². The number of methoxy groups -OCH3 is 3. The van der Waals surface area contributed by atoms with Gasteiger partial charge in [0.15, 0.2) is 11.5 Å². The molecule has 134 valence electrons. The van der Waals surface area contributed by atoms with Gasteiger partial charge in [0.2, 0.25) is 0 Å². The standard InChI is InChI=1S/C19H16ClNO5/c1-24-13-6-4-5-12(10-13)21-18(22)16(17(20)19(21)23)11-7-8-14(25-2)15(9-11)26-3/h4-10H,1-3H3. The molecule has 0 bridgehead atoms. The number of imide groups is 1. The van der Waals surface area contributed by atoms with Gasteiger partial charge >= 0.3 is 0 Å². The number of carbonyl (C=O) groups excluding carboxylic acids is 2. The summed E-state index contributed by atoms with van der Waals surface area (Å²) in [5.74, 6) is 0.366. The smallest absolute Gasteiger partial charge is 0.277 e. The number of nitrogens with zero attached hydrogens (tertiary/aromatic N) is 1. The van der Waals surface area contributed by atoms with E-state index in [0.29, 0.717) is 28.5 Å². The normalized spacial score (nSPS) is 14.1. The molecule has 0 N–H and O–H groups in total. The third kappa shape index (κ3) is 2.88. The van der Waals surface area contributed by atoms with Crippen LogP contribution in [0.3, 0.4) is 0 Å². The van der Waals surface area contributed by atoms with E-state index in [4.69, 9.17) is 25.8 Å². The van der Waals surface area contributed by atoms with Gasteiger partial charge < -0.3 is 14.2 Å². The zero-order valence-corrected chi connectivity index (χ0v) is 15.2. The SMILES string of the molecule is COc1cccc(N2C(=O)C(Cl)=C(c3ccc(OC)c(OC)c3)C2=O)c1. The van der Waals surface area contributed by atoms with Crippen molar-refractivity contribution in [1.82, 2.24) is 0 Å². The Balaban J connectivity index is 2.04. The number of halogens is 1. The minimum absolute atomic E-state index is 0.112. The maximum absolute atomic E-state index is 12.9. The van der Waals surface area contributed by atoms with Crippen molar-refractivity contribution in [2.75, 3.05) is 26.2 Å². The van der Waals surface area contributed by atoms with Crippen molar-refractivity contribution in [1.29, 1.82) is 0 Å². The molecule has 0 spiro atoms. The number of rotatable bonds is 5. The average Bonchev–Trinajstić information content (AvgIpc) is 2.90. The summed E-state index contributed by atoms with van der Waals surface area (Å²) in [6.07, 6.45) is 0. The Bertz CT molecular complexity index is 922. The van der Waals surface area contributed by atoms with E-state index in [2.05, 4.69) is 0 Å². The third-order valence-corrected chi connectivity index (χ3v) is 4.36. The van der Waals surface area contributed by atoms with Gasteiger partial charge in [0.1, 0.15) is 10.8 Å². The number of hydrogen-bond acceptors (Lipinski definition) is 5. The summed E-state index contributed by atoms with van der Waals surface area (Å²) in [7, 11) is 4.51. The molecular formula is C19H16ClNO5. The summed E-state index contributed by atoms with van der Waals surface area (Å²) >= 11 is 6.21. The molecule has 0 saturated heterocycles. The van der Waals surface area contributed by atoms with Crippen LogP contribution in [0, 0.1) is 0 Å².